The maximum Gasteiger partial charge on any atom is 0.161 e. The minimum absolute atomic E-state index is 0.0175. The topological polar surface area (TPSA) is 62.6 Å². The molecule has 1 saturated carbocycles. The molecule has 6 heteroatoms. The summed E-state index contributed by atoms with van der Waals surface area (Å²) in [5.74, 6) is 1.66. The number of para-hydroxylation sites is 1. The number of ketones is 1. The molecule has 1 aliphatic carbocycles. The Kier molecular flexibility index (Phi) is 6.33. The molecule has 1 fully saturated rings. The number of rotatable bonds is 10. The van der Waals surface area contributed by atoms with Gasteiger partial charge in [-0.1, -0.05) is 30.3 Å². The predicted molar refractivity (Wildman–Crippen MR) is 123 cm³/mol. The minimum Gasteiger partial charge on any atom is -0.496 e. The van der Waals surface area contributed by atoms with Crippen LogP contribution in [-0.4, -0.2) is 34.4 Å². The molecule has 0 saturated heterocycles. The van der Waals surface area contributed by atoms with E-state index in [1.807, 2.05) is 47.1 Å². The van der Waals surface area contributed by atoms with Crippen LogP contribution in [-0.2, 0) is 22.7 Å². The lowest BCUT2D eigenvalue weighted by atomic mass is 10.1. The maximum absolute atomic E-state index is 11.8. The molecule has 2 aromatic carbocycles. The summed E-state index contributed by atoms with van der Waals surface area (Å²) in [6, 6.07) is 18.0. The largest absolute Gasteiger partial charge is 0.496 e. The van der Waals surface area contributed by atoms with Crippen molar-refractivity contribution >= 4 is 5.78 Å². The van der Waals surface area contributed by atoms with Gasteiger partial charge in [-0.05, 0) is 57.9 Å². The molecule has 0 bridgehead atoms. The summed E-state index contributed by atoms with van der Waals surface area (Å²) < 4.78 is 19.4. The molecule has 0 spiro atoms. The molecule has 1 heterocycles. The Balaban J connectivity index is 1.66. The van der Waals surface area contributed by atoms with E-state index in [4.69, 9.17) is 19.3 Å². The van der Waals surface area contributed by atoms with Crippen LogP contribution >= 0.6 is 0 Å². The lowest BCUT2D eigenvalue weighted by Crippen LogP contribution is -2.32. The van der Waals surface area contributed by atoms with E-state index in [1.165, 1.54) is 6.92 Å². The Morgan fingerprint density at radius 2 is 1.91 bits per heavy atom. The summed E-state index contributed by atoms with van der Waals surface area (Å²) in [5.41, 5.74) is 2.91. The van der Waals surface area contributed by atoms with Crippen molar-refractivity contribution in [2.24, 2.45) is 0 Å². The predicted octanol–water partition coefficient (Wildman–Crippen LogP) is 5.03. The van der Waals surface area contributed by atoms with Crippen molar-refractivity contribution in [3.05, 3.63) is 65.9 Å². The van der Waals surface area contributed by atoms with Crippen molar-refractivity contribution < 1.29 is 19.0 Å². The summed E-state index contributed by atoms with van der Waals surface area (Å²) in [6.45, 7) is 5.89. The lowest BCUT2D eigenvalue weighted by molar-refractivity contribution is -0.139. The van der Waals surface area contributed by atoms with E-state index in [2.05, 4.69) is 12.1 Å². The van der Waals surface area contributed by atoms with Gasteiger partial charge >= 0.3 is 0 Å². The molecule has 0 atom stereocenters. The van der Waals surface area contributed by atoms with Crippen molar-refractivity contribution in [3.8, 4) is 22.8 Å². The van der Waals surface area contributed by atoms with E-state index in [0.29, 0.717) is 12.6 Å². The van der Waals surface area contributed by atoms with E-state index in [1.54, 1.807) is 21.0 Å². The molecule has 0 aliphatic heterocycles. The number of carbonyl (C=O) groups is 1. The average molecular weight is 435 g/mol. The third-order valence-corrected chi connectivity index (χ3v) is 5.73. The van der Waals surface area contributed by atoms with E-state index >= 15 is 0 Å². The average Bonchev–Trinajstić information content (AvgIpc) is 3.50. The van der Waals surface area contributed by atoms with E-state index < -0.39 is 5.60 Å². The Morgan fingerprint density at radius 3 is 2.62 bits per heavy atom. The summed E-state index contributed by atoms with van der Waals surface area (Å²) in [4.78, 5) is 11.8. The maximum atomic E-state index is 11.8. The Hall–Kier alpha value is -3.12. The zero-order valence-electron chi connectivity index (χ0n) is 19.1. The summed E-state index contributed by atoms with van der Waals surface area (Å²) in [5, 5.41) is 4.81. The van der Waals surface area contributed by atoms with Crippen molar-refractivity contribution in [1.82, 2.24) is 9.78 Å². The molecule has 0 unspecified atom stereocenters. The molecule has 0 radical (unpaired) electrons. The highest BCUT2D eigenvalue weighted by Gasteiger charge is 2.26. The number of ether oxygens (including phenoxy) is 3. The van der Waals surface area contributed by atoms with Crippen LogP contribution in [0.15, 0.2) is 54.6 Å². The Bertz CT molecular complexity index is 1100. The normalized spacial score (nSPS) is 13.8. The van der Waals surface area contributed by atoms with Crippen LogP contribution in [0.1, 0.15) is 44.9 Å². The highest BCUT2D eigenvalue weighted by molar-refractivity contribution is 5.83. The molecular weight excluding hydrogens is 404 g/mol. The van der Waals surface area contributed by atoms with Gasteiger partial charge in [0, 0.05) is 11.1 Å². The van der Waals surface area contributed by atoms with E-state index in [0.717, 1.165) is 46.9 Å². The Morgan fingerprint density at radius 1 is 1.12 bits per heavy atom. The highest BCUT2D eigenvalue weighted by atomic mass is 16.5. The fraction of sp³-hybridized carbons (Fsp3) is 0.385. The fourth-order valence-corrected chi connectivity index (χ4v) is 3.35. The third-order valence-electron chi connectivity index (χ3n) is 5.73. The van der Waals surface area contributed by atoms with Gasteiger partial charge in [0.1, 0.15) is 17.1 Å². The molecule has 0 N–H and O–H groups in total. The van der Waals surface area contributed by atoms with Crippen molar-refractivity contribution in [1.29, 1.82) is 0 Å². The first-order valence-corrected chi connectivity index (χ1v) is 11.0. The van der Waals surface area contributed by atoms with Gasteiger partial charge < -0.3 is 14.2 Å². The van der Waals surface area contributed by atoms with E-state index in [9.17, 15) is 4.79 Å². The zero-order valence-corrected chi connectivity index (χ0v) is 19.1. The molecule has 4 rings (SSSR count). The summed E-state index contributed by atoms with van der Waals surface area (Å²) >= 11 is 0. The van der Waals surface area contributed by atoms with Gasteiger partial charge in [0.2, 0.25) is 0 Å². The molecule has 0 amide bonds. The summed E-state index contributed by atoms with van der Waals surface area (Å²) in [7, 11) is 1.67. The van der Waals surface area contributed by atoms with Crippen molar-refractivity contribution in [2.45, 2.75) is 58.5 Å². The molecule has 32 heavy (non-hydrogen) atoms. The number of Topliss-reactive ketones (excluding diaryl/α,β-unsaturated/α-hetero) is 1. The van der Waals surface area contributed by atoms with Gasteiger partial charge in [-0.25, -0.2) is 0 Å². The quantitative estimate of drug-likeness (QED) is 0.448. The van der Waals surface area contributed by atoms with E-state index in [-0.39, 0.29) is 12.4 Å². The molecule has 1 aliphatic rings. The second-order valence-corrected chi connectivity index (χ2v) is 8.69. The van der Waals surface area contributed by atoms with Gasteiger partial charge in [0.05, 0.1) is 37.8 Å². The van der Waals surface area contributed by atoms with Gasteiger partial charge in [-0.3, -0.25) is 9.48 Å². The lowest BCUT2D eigenvalue weighted by Gasteiger charge is -2.21. The monoisotopic (exact) mass is 434 g/mol. The standard InChI is InChI=1S/C26H30N2O4/c1-18(29)26(2,3)31-17-21-15-24(19-9-7-10-23(14-19)32-22-12-13-22)28(27-21)16-20-8-5-6-11-25(20)30-4/h5-11,14-15,22H,12-13,16-17H2,1-4H3. The van der Waals surface area contributed by atoms with Crippen LogP contribution in [0.5, 0.6) is 11.5 Å². The minimum atomic E-state index is -0.857. The zero-order chi connectivity index (χ0) is 22.7. The third kappa shape index (κ3) is 5.19. The van der Waals surface area contributed by atoms with Gasteiger partial charge in [0.25, 0.3) is 0 Å². The SMILES string of the molecule is COc1ccccc1Cn1nc(COC(C)(C)C(C)=O)cc1-c1cccc(OC2CC2)c1. The fourth-order valence-electron chi connectivity index (χ4n) is 3.35. The molecule has 168 valence electrons. The van der Waals surface area contributed by atoms with Crippen LogP contribution in [0.3, 0.4) is 0 Å². The number of nitrogens with zero attached hydrogens (tertiary/aromatic N) is 2. The molecule has 6 nitrogen and oxygen atoms in total. The first-order chi connectivity index (χ1) is 15.4. The number of methoxy groups -OCH3 is 1. The van der Waals surface area contributed by atoms with Crippen LogP contribution in [0.2, 0.25) is 0 Å². The number of hydrogen-bond acceptors (Lipinski definition) is 5. The number of carbonyl (C=O) groups excluding carboxylic acids is 1. The van der Waals surface area contributed by atoms with Gasteiger partial charge in [0.15, 0.2) is 5.78 Å². The van der Waals surface area contributed by atoms with Gasteiger partial charge in [-0.2, -0.15) is 5.10 Å². The number of benzene rings is 2. The van der Waals surface area contributed by atoms with Crippen LogP contribution < -0.4 is 9.47 Å². The molecule has 1 aromatic heterocycles. The first-order valence-electron chi connectivity index (χ1n) is 11.0. The van der Waals surface area contributed by atoms with Gasteiger partial charge in [-0.15, -0.1) is 0 Å². The van der Waals surface area contributed by atoms with Crippen molar-refractivity contribution in [3.63, 3.8) is 0 Å². The van der Waals surface area contributed by atoms with Crippen LogP contribution in [0.4, 0.5) is 0 Å². The highest BCUT2D eigenvalue weighted by Crippen LogP contribution is 2.31. The first kappa shape index (κ1) is 22.1. The van der Waals surface area contributed by atoms with Crippen molar-refractivity contribution in [2.75, 3.05) is 7.11 Å². The smallest absolute Gasteiger partial charge is 0.161 e. The number of hydrogen-bond donors (Lipinski definition) is 0. The van der Waals surface area contributed by atoms with Crippen LogP contribution in [0, 0.1) is 0 Å². The second-order valence-electron chi connectivity index (χ2n) is 8.69. The molecule has 3 aromatic rings. The summed E-state index contributed by atoms with van der Waals surface area (Å²) in [6.07, 6.45) is 2.56. The Labute approximate surface area is 189 Å². The van der Waals surface area contributed by atoms with Crippen LogP contribution in [0.25, 0.3) is 11.3 Å². The molecular formula is C26H30N2O4. The second kappa shape index (κ2) is 9.17. The number of aromatic nitrogens is 2.